The quantitative estimate of drug-likeness (QED) is 0.707. The Hall–Kier alpha value is -1.92. The highest BCUT2D eigenvalue weighted by Crippen LogP contribution is 2.23. The Bertz CT molecular complexity index is 771. The lowest BCUT2D eigenvalue weighted by atomic mass is 9.88. The zero-order valence-corrected chi connectivity index (χ0v) is 15.9. The number of amides is 1. The second-order valence-corrected chi connectivity index (χ2v) is 7.54. The first kappa shape index (κ1) is 19.8. The van der Waals surface area contributed by atoms with Gasteiger partial charge in [-0.25, -0.2) is 0 Å². The molecule has 0 unspecified atom stereocenters. The minimum atomic E-state index is -1.25. The SMILES string of the molecule is O=C(Cc1ccccc1)N1CC[C@](O)(CNCc2cccc(Cl)c2)[C@@H](O)C1. The van der Waals surface area contributed by atoms with Gasteiger partial charge in [-0.15, -0.1) is 0 Å². The van der Waals surface area contributed by atoms with E-state index in [1.54, 1.807) is 4.90 Å². The molecule has 27 heavy (non-hydrogen) atoms. The molecule has 1 aliphatic heterocycles. The third-order valence-corrected chi connectivity index (χ3v) is 5.26. The molecule has 0 aliphatic carbocycles. The van der Waals surface area contributed by atoms with Crippen LogP contribution in [0.4, 0.5) is 0 Å². The molecule has 1 saturated heterocycles. The molecule has 0 saturated carbocycles. The van der Waals surface area contributed by atoms with Gasteiger partial charge in [-0.3, -0.25) is 4.79 Å². The van der Waals surface area contributed by atoms with E-state index in [-0.39, 0.29) is 19.0 Å². The van der Waals surface area contributed by atoms with E-state index < -0.39 is 11.7 Å². The standard InChI is InChI=1S/C21H25ClN2O3/c22-18-8-4-7-17(11-18)13-23-15-21(27)9-10-24(14-19(21)25)20(26)12-16-5-2-1-3-6-16/h1-8,11,19,23,25,27H,9-10,12-15H2/t19-,21-/m0/s1. The van der Waals surface area contributed by atoms with Gasteiger partial charge in [-0.2, -0.15) is 0 Å². The van der Waals surface area contributed by atoms with E-state index in [0.717, 1.165) is 11.1 Å². The number of piperidine rings is 1. The summed E-state index contributed by atoms with van der Waals surface area (Å²) in [6.07, 6.45) is -0.353. The lowest BCUT2D eigenvalue weighted by Crippen LogP contribution is -2.60. The van der Waals surface area contributed by atoms with Crippen LogP contribution in [0.15, 0.2) is 54.6 Å². The molecule has 2 aromatic carbocycles. The molecule has 6 heteroatoms. The summed E-state index contributed by atoms with van der Waals surface area (Å²) in [5.74, 6) is -0.0332. The van der Waals surface area contributed by atoms with Gasteiger partial charge in [0.15, 0.2) is 0 Å². The molecule has 0 bridgehead atoms. The smallest absolute Gasteiger partial charge is 0.227 e. The van der Waals surface area contributed by atoms with Gasteiger partial charge in [0, 0.05) is 31.2 Å². The average Bonchev–Trinajstić information content (AvgIpc) is 2.65. The summed E-state index contributed by atoms with van der Waals surface area (Å²) in [5.41, 5.74) is 0.708. The fourth-order valence-corrected chi connectivity index (χ4v) is 3.56. The molecule has 0 radical (unpaired) electrons. The van der Waals surface area contributed by atoms with Gasteiger partial charge in [0.1, 0.15) is 11.7 Å². The van der Waals surface area contributed by atoms with Crippen molar-refractivity contribution in [3.63, 3.8) is 0 Å². The maximum Gasteiger partial charge on any atom is 0.227 e. The number of carbonyl (C=O) groups is 1. The van der Waals surface area contributed by atoms with Crippen LogP contribution in [0.5, 0.6) is 0 Å². The van der Waals surface area contributed by atoms with Crippen LogP contribution < -0.4 is 5.32 Å². The minimum absolute atomic E-state index is 0.0332. The van der Waals surface area contributed by atoms with Crippen LogP contribution >= 0.6 is 11.6 Å². The van der Waals surface area contributed by atoms with E-state index >= 15 is 0 Å². The van der Waals surface area contributed by atoms with Crippen molar-refractivity contribution in [2.75, 3.05) is 19.6 Å². The fraction of sp³-hybridized carbons (Fsp3) is 0.381. The van der Waals surface area contributed by atoms with Crippen LogP contribution in [0, 0.1) is 0 Å². The lowest BCUT2D eigenvalue weighted by molar-refractivity contribution is -0.148. The molecule has 0 aromatic heterocycles. The molecule has 2 atom stereocenters. The van der Waals surface area contributed by atoms with E-state index in [9.17, 15) is 15.0 Å². The van der Waals surface area contributed by atoms with E-state index in [2.05, 4.69) is 5.32 Å². The Morgan fingerprint density at radius 2 is 1.93 bits per heavy atom. The molecule has 144 valence electrons. The van der Waals surface area contributed by atoms with Crippen LogP contribution in [0.3, 0.4) is 0 Å². The molecule has 1 heterocycles. The number of nitrogens with one attached hydrogen (secondary N) is 1. The Morgan fingerprint density at radius 3 is 2.63 bits per heavy atom. The second kappa shape index (κ2) is 8.85. The van der Waals surface area contributed by atoms with Crippen molar-refractivity contribution >= 4 is 17.5 Å². The van der Waals surface area contributed by atoms with Gasteiger partial charge in [0.05, 0.1) is 6.42 Å². The molecule has 5 nitrogen and oxygen atoms in total. The number of hydrogen-bond donors (Lipinski definition) is 3. The monoisotopic (exact) mass is 388 g/mol. The van der Waals surface area contributed by atoms with Crippen molar-refractivity contribution < 1.29 is 15.0 Å². The highest BCUT2D eigenvalue weighted by atomic mass is 35.5. The van der Waals surface area contributed by atoms with Crippen molar-refractivity contribution in [3.05, 3.63) is 70.7 Å². The predicted molar refractivity (Wildman–Crippen MR) is 105 cm³/mol. The number of halogens is 1. The number of aliphatic hydroxyl groups excluding tert-OH is 1. The van der Waals surface area contributed by atoms with Crippen molar-refractivity contribution in [1.29, 1.82) is 0 Å². The van der Waals surface area contributed by atoms with Crippen LogP contribution in [0.25, 0.3) is 0 Å². The summed E-state index contributed by atoms with van der Waals surface area (Å²) in [5, 5.41) is 25.1. The third kappa shape index (κ3) is 5.30. The van der Waals surface area contributed by atoms with E-state index in [1.807, 2.05) is 54.6 Å². The Morgan fingerprint density at radius 1 is 1.19 bits per heavy atom. The first-order valence-corrected chi connectivity index (χ1v) is 9.51. The zero-order valence-electron chi connectivity index (χ0n) is 15.1. The number of rotatable bonds is 6. The number of β-amino-alcohol motifs (C(OH)–C–C–N with tert-alkyl or cyclic N) is 1. The highest BCUT2D eigenvalue weighted by molar-refractivity contribution is 6.30. The summed E-state index contributed by atoms with van der Waals surface area (Å²) in [7, 11) is 0. The number of hydrogen-bond acceptors (Lipinski definition) is 4. The predicted octanol–water partition coefficient (Wildman–Crippen LogP) is 2.00. The van der Waals surface area contributed by atoms with Crippen LogP contribution in [-0.4, -0.2) is 52.4 Å². The van der Waals surface area contributed by atoms with Gasteiger partial charge >= 0.3 is 0 Å². The van der Waals surface area contributed by atoms with Gasteiger partial charge in [0.25, 0.3) is 0 Å². The summed E-state index contributed by atoms with van der Waals surface area (Å²) >= 11 is 5.97. The largest absolute Gasteiger partial charge is 0.388 e. The molecule has 3 N–H and O–H groups in total. The lowest BCUT2D eigenvalue weighted by Gasteiger charge is -2.42. The number of benzene rings is 2. The summed E-state index contributed by atoms with van der Waals surface area (Å²) in [6, 6.07) is 17.0. The van der Waals surface area contributed by atoms with E-state index in [4.69, 9.17) is 11.6 Å². The average molecular weight is 389 g/mol. The van der Waals surface area contributed by atoms with Gasteiger partial charge in [-0.05, 0) is 29.7 Å². The van der Waals surface area contributed by atoms with Crippen molar-refractivity contribution in [1.82, 2.24) is 10.2 Å². The zero-order chi connectivity index (χ0) is 19.3. The summed E-state index contributed by atoms with van der Waals surface area (Å²) < 4.78 is 0. The van der Waals surface area contributed by atoms with Gasteiger partial charge in [0.2, 0.25) is 5.91 Å². The maximum atomic E-state index is 12.5. The number of aliphatic hydroxyl groups is 2. The molecule has 1 fully saturated rings. The Balaban J connectivity index is 1.50. The number of nitrogens with zero attached hydrogens (tertiary/aromatic N) is 1. The van der Waals surface area contributed by atoms with E-state index in [0.29, 0.717) is 31.0 Å². The van der Waals surface area contributed by atoms with Crippen molar-refractivity contribution in [2.24, 2.45) is 0 Å². The van der Waals surface area contributed by atoms with Gasteiger partial charge in [-0.1, -0.05) is 54.1 Å². The van der Waals surface area contributed by atoms with Crippen LogP contribution in [0.2, 0.25) is 5.02 Å². The third-order valence-electron chi connectivity index (χ3n) is 5.03. The van der Waals surface area contributed by atoms with Gasteiger partial charge < -0.3 is 20.4 Å². The molecule has 1 aliphatic rings. The van der Waals surface area contributed by atoms with Crippen LogP contribution in [-0.2, 0) is 17.8 Å². The molecule has 0 spiro atoms. The Labute approximate surface area is 164 Å². The fourth-order valence-electron chi connectivity index (χ4n) is 3.35. The maximum absolute atomic E-state index is 12.5. The molecule has 2 aromatic rings. The summed E-state index contributed by atoms with van der Waals surface area (Å²) in [4.78, 5) is 14.1. The molecular formula is C21H25ClN2O3. The molecular weight excluding hydrogens is 364 g/mol. The van der Waals surface area contributed by atoms with E-state index in [1.165, 1.54) is 0 Å². The number of carbonyl (C=O) groups excluding carboxylic acids is 1. The topological polar surface area (TPSA) is 72.8 Å². The Kier molecular flexibility index (Phi) is 6.50. The first-order valence-electron chi connectivity index (χ1n) is 9.13. The summed E-state index contributed by atoms with van der Waals surface area (Å²) in [6.45, 7) is 1.37. The van der Waals surface area contributed by atoms with Crippen molar-refractivity contribution in [3.8, 4) is 0 Å². The number of likely N-dealkylation sites (tertiary alicyclic amines) is 1. The second-order valence-electron chi connectivity index (χ2n) is 7.10. The van der Waals surface area contributed by atoms with Crippen molar-refractivity contribution in [2.45, 2.75) is 31.1 Å². The molecule has 3 rings (SSSR count). The normalized spacial score (nSPS) is 22.6. The van der Waals surface area contributed by atoms with Crippen LogP contribution in [0.1, 0.15) is 17.5 Å². The molecule has 1 amide bonds. The minimum Gasteiger partial charge on any atom is -0.388 e. The highest BCUT2D eigenvalue weighted by Gasteiger charge is 2.41. The first-order chi connectivity index (χ1) is 13.0.